The molecule has 0 spiro atoms. The molecule has 0 radical (unpaired) electrons. The third-order valence-corrected chi connectivity index (χ3v) is 6.77. The molecule has 0 aliphatic carbocycles. The maximum Gasteiger partial charge on any atom is 0.253 e. The van der Waals surface area contributed by atoms with Crippen LogP contribution in [0.1, 0.15) is 41.6 Å². The number of rotatable bonds is 5. The van der Waals surface area contributed by atoms with Crippen molar-refractivity contribution in [3.8, 4) is 0 Å². The molecule has 1 saturated heterocycles. The lowest BCUT2D eigenvalue weighted by Gasteiger charge is -2.21. The zero-order chi connectivity index (χ0) is 19.3. The van der Waals surface area contributed by atoms with Gasteiger partial charge in [0.15, 0.2) is 0 Å². The minimum atomic E-state index is -3.60. The first-order chi connectivity index (χ1) is 13.0. The molecule has 27 heavy (non-hydrogen) atoms. The van der Waals surface area contributed by atoms with Crippen LogP contribution < -0.4 is 0 Å². The SMILES string of the molecule is CN(Cc1ccccc1)S(=O)(=O)c1ccc(C(=O)N2CCCCCC2)cc1. The summed E-state index contributed by atoms with van der Waals surface area (Å²) in [5.74, 6) is -0.0153. The second kappa shape index (κ2) is 8.67. The molecule has 0 bridgehead atoms. The Morgan fingerprint density at radius 2 is 1.52 bits per heavy atom. The summed E-state index contributed by atoms with van der Waals surface area (Å²) < 4.78 is 26.9. The monoisotopic (exact) mass is 386 g/mol. The molecule has 144 valence electrons. The summed E-state index contributed by atoms with van der Waals surface area (Å²) in [6.07, 6.45) is 4.38. The number of hydrogen-bond donors (Lipinski definition) is 0. The summed E-state index contributed by atoms with van der Waals surface area (Å²) in [5, 5.41) is 0. The number of carbonyl (C=O) groups excluding carboxylic acids is 1. The maximum atomic E-state index is 12.8. The van der Waals surface area contributed by atoms with Gasteiger partial charge >= 0.3 is 0 Å². The van der Waals surface area contributed by atoms with Crippen molar-refractivity contribution in [1.29, 1.82) is 0 Å². The van der Waals surface area contributed by atoms with Crippen molar-refractivity contribution in [3.63, 3.8) is 0 Å². The molecule has 1 fully saturated rings. The first kappa shape index (κ1) is 19.6. The van der Waals surface area contributed by atoms with Crippen LogP contribution in [0.2, 0.25) is 0 Å². The Labute approximate surface area is 161 Å². The van der Waals surface area contributed by atoms with Gasteiger partial charge in [0.05, 0.1) is 4.90 Å². The Bertz CT molecular complexity index is 856. The molecule has 1 aliphatic heterocycles. The van der Waals surface area contributed by atoms with Crippen LogP contribution in [0.3, 0.4) is 0 Å². The fourth-order valence-electron chi connectivity index (χ4n) is 3.33. The summed E-state index contributed by atoms with van der Waals surface area (Å²) in [6.45, 7) is 1.86. The lowest BCUT2D eigenvalue weighted by Crippen LogP contribution is -2.32. The molecule has 1 heterocycles. The zero-order valence-electron chi connectivity index (χ0n) is 15.7. The minimum Gasteiger partial charge on any atom is -0.339 e. The first-order valence-corrected chi connectivity index (χ1v) is 10.8. The molecule has 3 rings (SSSR count). The fourth-order valence-corrected chi connectivity index (χ4v) is 4.49. The Kier molecular flexibility index (Phi) is 6.29. The number of amides is 1. The van der Waals surface area contributed by atoms with Gasteiger partial charge in [-0.05, 0) is 42.7 Å². The number of nitrogens with zero attached hydrogens (tertiary/aromatic N) is 2. The van der Waals surface area contributed by atoms with Crippen LogP contribution in [0.15, 0.2) is 59.5 Å². The number of hydrogen-bond acceptors (Lipinski definition) is 3. The van der Waals surface area contributed by atoms with E-state index in [4.69, 9.17) is 0 Å². The predicted molar refractivity (Wildman–Crippen MR) is 106 cm³/mol. The van der Waals surface area contributed by atoms with Gasteiger partial charge in [0.25, 0.3) is 5.91 Å². The quantitative estimate of drug-likeness (QED) is 0.790. The molecule has 1 amide bonds. The van der Waals surface area contributed by atoms with E-state index in [-0.39, 0.29) is 10.8 Å². The summed E-state index contributed by atoms with van der Waals surface area (Å²) in [7, 11) is -2.03. The van der Waals surface area contributed by atoms with Gasteiger partial charge in [0, 0.05) is 32.2 Å². The van der Waals surface area contributed by atoms with Crippen molar-refractivity contribution in [1.82, 2.24) is 9.21 Å². The number of carbonyl (C=O) groups is 1. The smallest absolute Gasteiger partial charge is 0.253 e. The average Bonchev–Trinajstić information content (AvgIpc) is 2.98. The van der Waals surface area contributed by atoms with Gasteiger partial charge in [0.1, 0.15) is 0 Å². The highest BCUT2D eigenvalue weighted by Crippen LogP contribution is 2.19. The lowest BCUT2D eigenvalue weighted by atomic mass is 10.2. The number of sulfonamides is 1. The largest absolute Gasteiger partial charge is 0.339 e. The topological polar surface area (TPSA) is 57.7 Å². The third-order valence-electron chi connectivity index (χ3n) is 4.95. The van der Waals surface area contributed by atoms with E-state index in [2.05, 4.69) is 0 Å². The van der Waals surface area contributed by atoms with E-state index in [0.717, 1.165) is 44.3 Å². The van der Waals surface area contributed by atoms with Crippen molar-refractivity contribution in [2.24, 2.45) is 0 Å². The van der Waals surface area contributed by atoms with Crippen molar-refractivity contribution >= 4 is 15.9 Å². The van der Waals surface area contributed by atoms with Gasteiger partial charge in [-0.15, -0.1) is 0 Å². The van der Waals surface area contributed by atoms with Crippen LogP contribution >= 0.6 is 0 Å². The van der Waals surface area contributed by atoms with E-state index >= 15 is 0 Å². The first-order valence-electron chi connectivity index (χ1n) is 9.38. The molecular weight excluding hydrogens is 360 g/mol. The molecule has 5 nitrogen and oxygen atoms in total. The second-order valence-electron chi connectivity index (χ2n) is 6.98. The molecule has 0 saturated carbocycles. The Morgan fingerprint density at radius 3 is 2.11 bits per heavy atom. The predicted octanol–water partition coefficient (Wildman–Crippen LogP) is 3.52. The van der Waals surface area contributed by atoms with Crippen LogP contribution in [0.5, 0.6) is 0 Å². The van der Waals surface area contributed by atoms with Crippen LogP contribution in [-0.4, -0.2) is 43.7 Å². The molecule has 0 aromatic heterocycles. The van der Waals surface area contributed by atoms with E-state index in [0.29, 0.717) is 12.1 Å². The van der Waals surface area contributed by atoms with Crippen molar-refractivity contribution in [3.05, 3.63) is 65.7 Å². The molecule has 0 atom stereocenters. The van der Waals surface area contributed by atoms with E-state index in [1.54, 1.807) is 19.2 Å². The Hall–Kier alpha value is -2.18. The highest BCUT2D eigenvalue weighted by Gasteiger charge is 2.22. The highest BCUT2D eigenvalue weighted by atomic mass is 32.2. The fraction of sp³-hybridized carbons (Fsp3) is 0.381. The molecular formula is C21H26N2O3S. The lowest BCUT2D eigenvalue weighted by molar-refractivity contribution is 0.0761. The normalized spacial score (nSPS) is 15.6. The number of likely N-dealkylation sites (tertiary alicyclic amines) is 1. The standard InChI is InChI=1S/C21H26N2O3S/c1-22(17-18-9-5-4-6-10-18)27(25,26)20-13-11-19(12-14-20)21(24)23-15-7-2-3-8-16-23/h4-6,9-14H,2-3,7-8,15-17H2,1H3. The Balaban J connectivity index is 1.72. The minimum absolute atomic E-state index is 0.0153. The summed E-state index contributed by atoms with van der Waals surface area (Å²) >= 11 is 0. The van der Waals surface area contributed by atoms with E-state index in [1.165, 1.54) is 16.4 Å². The van der Waals surface area contributed by atoms with E-state index < -0.39 is 10.0 Å². The number of benzene rings is 2. The van der Waals surface area contributed by atoms with E-state index in [1.807, 2.05) is 35.2 Å². The second-order valence-corrected chi connectivity index (χ2v) is 9.02. The van der Waals surface area contributed by atoms with Crippen LogP contribution in [-0.2, 0) is 16.6 Å². The van der Waals surface area contributed by atoms with Crippen LogP contribution in [0.4, 0.5) is 0 Å². The third kappa shape index (κ3) is 4.76. The van der Waals surface area contributed by atoms with Crippen molar-refractivity contribution in [2.75, 3.05) is 20.1 Å². The highest BCUT2D eigenvalue weighted by molar-refractivity contribution is 7.89. The van der Waals surface area contributed by atoms with Gasteiger partial charge in [-0.25, -0.2) is 8.42 Å². The molecule has 0 unspecified atom stereocenters. The summed E-state index contributed by atoms with van der Waals surface area (Å²) in [5.41, 5.74) is 1.47. The summed E-state index contributed by atoms with van der Waals surface area (Å²) in [6, 6.07) is 15.8. The van der Waals surface area contributed by atoms with Gasteiger partial charge in [0.2, 0.25) is 10.0 Å². The molecule has 0 N–H and O–H groups in total. The maximum absolute atomic E-state index is 12.8. The average molecular weight is 387 g/mol. The molecule has 6 heteroatoms. The van der Waals surface area contributed by atoms with E-state index in [9.17, 15) is 13.2 Å². The molecule has 1 aliphatic rings. The van der Waals surface area contributed by atoms with Gasteiger partial charge < -0.3 is 4.90 Å². The van der Waals surface area contributed by atoms with Gasteiger partial charge in [-0.1, -0.05) is 43.2 Å². The van der Waals surface area contributed by atoms with Crippen molar-refractivity contribution in [2.45, 2.75) is 37.1 Å². The van der Waals surface area contributed by atoms with Gasteiger partial charge in [-0.3, -0.25) is 4.79 Å². The van der Waals surface area contributed by atoms with Gasteiger partial charge in [-0.2, -0.15) is 4.31 Å². The zero-order valence-corrected chi connectivity index (χ0v) is 16.5. The van der Waals surface area contributed by atoms with Crippen LogP contribution in [0.25, 0.3) is 0 Å². The summed E-state index contributed by atoms with van der Waals surface area (Å²) in [4.78, 5) is 14.7. The Morgan fingerprint density at radius 1 is 0.926 bits per heavy atom. The van der Waals surface area contributed by atoms with Crippen LogP contribution in [0, 0.1) is 0 Å². The molecule has 2 aromatic carbocycles. The molecule has 2 aromatic rings. The van der Waals surface area contributed by atoms with Crippen molar-refractivity contribution < 1.29 is 13.2 Å².